The fourth-order valence-corrected chi connectivity index (χ4v) is 2.47. The first kappa shape index (κ1) is 11.8. The van der Waals surface area contributed by atoms with Crippen molar-refractivity contribution in [2.45, 2.75) is 12.3 Å². The normalized spacial score (nSPS) is 19.3. The highest BCUT2D eigenvalue weighted by Gasteiger charge is 2.23. The van der Waals surface area contributed by atoms with E-state index in [9.17, 15) is 4.39 Å². The Morgan fingerprint density at radius 2 is 2.33 bits per heavy atom. The van der Waals surface area contributed by atoms with Gasteiger partial charge in [-0.2, -0.15) is 4.98 Å². The van der Waals surface area contributed by atoms with Crippen molar-refractivity contribution >= 4 is 15.9 Å². The Bertz CT molecular complexity index is 566. The van der Waals surface area contributed by atoms with Gasteiger partial charge < -0.3 is 9.84 Å². The smallest absolute Gasteiger partial charge is 0.231 e. The molecule has 6 heteroatoms. The molecule has 0 aliphatic carbocycles. The van der Waals surface area contributed by atoms with E-state index in [-0.39, 0.29) is 11.7 Å². The Morgan fingerprint density at radius 1 is 1.44 bits per heavy atom. The SMILES string of the molecule is Fc1ccc(Br)c(-c2noc(C3CCNC3)n2)c1. The molecule has 1 aliphatic rings. The van der Waals surface area contributed by atoms with Crippen molar-refractivity contribution in [2.24, 2.45) is 0 Å². The summed E-state index contributed by atoms with van der Waals surface area (Å²) in [7, 11) is 0. The first-order valence-corrected chi connectivity index (χ1v) is 6.53. The van der Waals surface area contributed by atoms with Crippen LogP contribution in [0.1, 0.15) is 18.2 Å². The van der Waals surface area contributed by atoms with E-state index in [1.54, 1.807) is 6.07 Å². The quantitative estimate of drug-likeness (QED) is 0.926. The van der Waals surface area contributed by atoms with Gasteiger partial charge in [-0.1, -0.05) is 21.1 Å². The minimum atomic E-state index is -0.318. The van der Waals surface area contributed by atoms with E-state index in [0.717, 1.165) is 24.0 Å². The maximum Gasteiger partial charge on any atom is 0.231 e. The molecule has 1 saturated heterocycles. The van der Waals surface area contributed by atoms with Crippen molar-refractivity contribution in [3.8, 4) is 11.4 Å². The van der Waals surface area contributed by atoms with Gasteiger partial charge in [-0.3, -0.25) is 0 Å². The van der Waals surface area contributed by atoms with Gasteiger partial charge in [-0.15, -0.1) is 0 Å². The van der Waals surface area contributed by atoms with Crippen LogP contribution >= 0.6 is 15.9 Å². The minimum Gasteiger partial charge on any atom is -0.339 e. The van der Waals surface area contributed by atoms with Crippen molar-refractivity contribution in [1.29, 1.82) is 0 Å². The number of hydrogen-bond donors (Lipinski definition) is 1. The maximum absolute atomic E-state index is 13.2. The Balaban J connectivity index is 1.94. The number of hydrogen-bond acceptors (Lipinski definition) is 4. The molecule has 4 nitrogen and oxygen atoms in total. The third-order valence-corrected chi connectivity index (χ3v) is 3.71. The van der Waals surface area contributed by atoms with E-state index in [1.807, 2.05) is 0 Å². The third-order valence-electron chi connectivity index (χ3n) is 3.02. The van der Waals surface area contributed by atoms with Gasteiger partial charge in [0.2, 0.25) is 11.7 Å². The molecule has 0 amide bonds. The Hall–Kier alpha value is -1.27. The number of nitrogens with one attached hydrogen (secondary N) is 1. The average molecular weight is 312 g/mol. The molecule has 0 saturated carbocycles. The molecule has 1 N–H and O–H groups in total. The number of halogens is 2. The molecule has 1 aromatic heterocycles. The molecule has 94 valence electrons. The molecule has 18 heavy (non-hydrogen) atoms. The van der Waals surface area contributed by atoms with E-state index in [0.29, 0.717) is 17.3 Å². The molecule has 1 aliphatic heterocycles. The molecule has 1 unspecified atom stereocenters. The van der Waals surface area contributed by atoms with Gasteiger partial charge in [-0.25, -0.2) is 4.39 Å². The van der Waals surface area contributed by atoms with Gasteiger partial charge in [0.1, 0.15) is 5.82 Å². The van der Waals surface area contributed by atoms with Gasteiger partial charge in [0.15, 0.2) is 0 Å². The number of benzene rings is 1. The standard InChI is InChI=1S/C12H11BrFN3O/c13-10-2-1-8(14)5-9(10)11-16-12(18-17-11)7-3-4-15-6-7/h1-2,5,7,15H,3-4,6H2. The van der Waals surface area contributed by atoms with Crippen LogP contribution in [0.3, 0.4) is 0 Å². The summed E-state index contributed by atoms with van der Waals surface area (Å²) in [5.74, 6) is 0.982. The number of rotatable bonds is 2. The Labute approximate surface area is 112 Å². The number of nitrogens with zero attached hydrogens (tertiary/aromatic N) is 2. The van der Waals surface area contributed by atoms with Crippen LogP contribution < -0.4 is 5.32 Å². The highest BCUT2D eigenvalue weighted by atomic mass is 79.9. The Kier molecular flexibility index (Phi) is 3.13. The molecular formula is C12H11BrFN3O. The highest BCUT2D eigenvalue weighted by molar-refractivity contribution is 9.10. The summed E-state index contributed by atoms with van der Waals surface area (Å²) in [5, 5.41) is 7.17. The molecule has 1 atom stereocenters. The van der Waals surface area contributed by atoms with Crippen LogP contribution in [0.25, 0.3) is 11.4 Å². The van der Waals surface area contributed by atoms with E-state index >= 15 is 0 Å². The monoisotopic (exact) mass is 311 g/mol. The number of aromatic nitrogens is 2. The molecule has 0 bridgehead atoms. The fraction of sp³-hybridized carbons (Fsp3) is 0.333. The zero-order valence-corrected chi connectivity index (χ0v) is 11.1. The van der Waals surface area contributed by atoms with Crippen LogP contribution in [-0.4, -0.2) is 23.2 Å². The summed E-state index contributed by atoms with van der Waals surface area (Å²) < 4.78 is 19.2. The lowest BCUT2D eigenvalue weighted by atomic mass is 10.1. The summed E-state index contributed by atoms with van der Waals surface area (Å²) in [6, 6.07) is 4.42. The lowest BCUT2D eigenvalue weighted by Crippen LogP contribution is -2.08. The maximum atomic E-state index is 13.2. The minimum absolute atomic E-state index is 0.263. The second-order valence-electron chi connectivity index (χ2n) is 4.27. The van der Waals surface area contributed by atoms with Crippen LogP contribution in [0.5, 0.6) is 0 Å². The van der Waals surface area contributed by atoms with Gasteiger partial charge in [0, 0.05) is 16.6 Å². The summed E-state index contributed by atoms with van der Waals surface area (Å²) >= 11 is 3.36. The van der Waals surface area contributed by atoms with Crippen LogP contribution in [0, 0.1) is 5.82 Å². The zero-order valence-electron chi connectivity index (χ0n) is 9.49. The van der Waals surface area contributed by atoms with E-state index < -0.39 is 0 Å². The van der Waals surface area contributed by atoms with Gasteiger partial charge in [0.25, 0.3) is 0 Å². The van der Waals surface area contributed by atoms with E-state index in [4.69, 9.17) is 4.52 Å². The molecule has 1 fully saturated rings. The van der Waals surface area contributed by atoms with Gasteiger partial charge in [-0.05, 0) is 31.2 Å². The molecule has 0 radical (unpaired) electrons. The zero-order chi connectivity index (χ0) is 12.5. The molecule has 0 spiro atoms. The lowest BCUT2D eigenvalue weighted by molar-refractivity contribution is 0.359. The third kappa shape index (κ3) is 2.18. The van der Waals surface area contributed by atoms with Crippen LogP contribution in [0.15, 0.2) is 27.2 Å². The van der Waals surface area contributed by atoms with Gasteiger partial charge in [0.05, 0.1) is 5.92 Å². The van der Waals surface area contributed by atoms with Crippen LogP contribution in [-0.2, 0) is 0 Å². The summed E-state index contributed by atoms with van der Waals surface area (Å²) in [6.45, 7) is 1.82. The lowest BCUT2D eigenvalue weighted by Gasteiger charge is -2.00. The van der Waals surface area contributed by atoms with Crippen molar-refractivity contribution in [3.05, 3.63) is 34.4 Å². The summed E-state index contributed by atoms with van der Waals surface area (Å²) in [4.78, 5) is 4.35. The molecule has 1 aromatic carbocycles. The van der Waals surface area contributed by atoms with Crippen molar-refractivity contribution in [1.82, 2.24) is 15.5 Å². The Morgan fingerprint density at radius 3 is 3.11 bits per heavy atom. The van der Waals surface area contributed by atoms with Crippen LogP contribution in [0.2, 0.25) is 0 Å². The second kappa shape index (κ2) is 4.78. The fourth-order valence-electron chi connectivity index (χ4n) is 2.04. The van der Waals surface area contributed by atoms with Crippen molar-refractivity contribution < 1.29 is 8.91 Å². The molecular weight excluding hydrogens is 301 g/mol. The van der Waals surface area contributed by atoms with E-state index in [1.165, 1.54) is 12.1 Å². The van der Waals surface area contributed by atoms with Crippen LogP contribution in [0.4, 0.5) is 4.39 Å². The molecule has 2 heterocycles. The summed E-state index contributed by atoms with van der Waals surface area (Å²) in [6.07, 6.45) is 0.992. The first-order chi connectivity index (χ1) is 8.74. The molecule has 2 aromatic rings. The van der Waals surface area contributed by atoms with Crippen molar-refractivity contribution in [3.63, 3.8) is 0 Å². The first-order valence-electron chi connectivity index (χ1n) is 5.74. The average Bonchev–Trinajstić information content (AvgIpc) is 3.00. The van der Waals surface area contributed by atoms with Crippen molar-refractivity contribution in [2.75, 3.05) is 13.1 Å². The second-order valence-corrected chi connectivity index (χ2v) is 5.12. The topological polar surface area (TPSA) is 51.0 Å². The predicted octanol–water partition coefficient (Wildman–Crippen LogP) is 2.72. The largest absolute Gasteiger partial charge is 0.339 e. The highest BCUT2D eigenvalue weighted by Crippen LogP contribution is 2.29. The predicted molar refractivity (Wildman–Crippen MR) is 67.6 cm³/mol. The van der Waals surface area contributed by atoms with E-state index in [2.05, 4.69) is 31.4 Å². The van der Waals surface area contributed by atoms with Gasteiger partial charge >= 0.3 is 0 Å². The summed E-state index contributed by atoms with van der Waals surface area (Å²) in [5.41, 5.74) is 0.607. The molecule has 3 rings (SSSR count).